The number of hydrogen-bond donors (Lipinski definition) is 3. The molecule has 1 amide bonds. The number of aromatic nitrogens is 2. The number of nitrogens with one attached hydrogen (secondary N) is 3. The van der Waals surface area contributed by atoms with Crippen LogP contribution in [0, 0.1) is 28.6 Å². The molecule has 2 spiro atoms. The van der Waals surface area contributed by atoms with Crippen LogP contribution in [0.4, 0.5) is 17.5 Å². The summed E-state index contributed by atoms with van der Waals surface area (Å²) in [5.41, 5.74) is 5.57. The molecule has 1 saturated heterocycles. The van der Waals surface area contributed by atoms with Crippen molar-refractivity contribution in [2.45, 2.75) is 87.9 Å². The lowest BCUT2D eigenvalue weighted by molar-refractivity contribution is 0.0560. The molecule has 9 rings (SSSR count). The summed E-state index contributed by atoms with van der Waals surface area (Å²) in [5, 5.41) is 5.21. The van der Waals surface area contributed by atoms with Crippen LogP contribution in [0.2, 0.25) is 5.21 Å². The number of rotatable bonds is 8. The highest BCUT2D eigenvalue weighted by atomic mass is 32.2. The molecule has 3 aliphatic heterocycles. The number of benzene rings is 1. The maximum atomic E-state index is 14.0. The van der Waals surface area contributed by atoms with Crippen LogP contribution in [0.5, 0.6) is 5.75 Å². The van der Waals surface area contributed by atoms with Crippen LogP contribution in [0.3, 0.4) is 0 Å². The number of carbonyl (C=O) groups excluding carboxylic acids is 1. The van der Waals surface area contributed by atoms with E-state index >= 15 is 0 Å². The number of anilines is 3. The third-order valence-corrected chi connectivity index (χ3v) is 13.6. The molecule has 4 fully saturated rings. The molecule has 3 N–H and O–H groups in total. The van der Waals surface area contributed by atoms with E-state index in [-0.39, 0.29) is 24.3 Å². The van der Waals surface area contributed by atoms with E-state index < -0.39 is 5.21 Å². The summed E-state index contributed by atoms with van der Waals surface area (Å²) in [6.45, 7) is 9.09. The van der Waals surface area contributed by atoms with Crippen LogP contribution in [-0.4, -0.2) is 63.0 Å². The third-order valence-electron chi connectivity index (χ3n) is 12.8. The van der Waals surface area contributed by atoms with Crippen molar-refractivity contribution in [2.75, 3.05) is 34.9 Å². The number of fused-ring (bicyclic) bond motifs is 7. The SMILES string of the molecule is [B]C([B])(COC1C=CN(c2ccc3c(n2)N2CC(CC2(C)C)C(C)CCNc2nc(ccc2OCc2ccccc2)SNC3=O)N1)C1C2(CC2)C12CC2. The molecular formula is C40H47B2N7O3S. The standard InChI is InChI=1S/C40H47B2N7O3S/c1-25-13-19-43-33-29(51-23-26-7-5-4-6-8-26)10-12-32(45-33)53-47-35(50)28-9-11-30(44-34(28)48-22-27(25)21-37(48,2)3)49-20-14-31(46-49)52-24-40(41,42)36-38(15-16-38)39(36)17-18-39/h4-12,14,20,25,27,31,36,46H,13,15-19,21-24H2,1-3H3,(H,43,45)(H,47,50). The van der Waals surface area contributed by atoms with Gasteiger partial charge in [0.15, 0.2) is 11.6 Å². The predicted octanol–water partition coefficient (Wildman–Crippen LogP) is 6.37. The van der Waals surface area contributed by atoms with Crippen LogP contribution >= 0.6 is 11.9 Å². The zero-order valence-corrected chi connectivity index (χ0v) is 31.6. The maximum absolute atomic E-state index is 14.0. The summed E-state index contributed by atoms with van der Waals surface area (Å²) >= 11 is 1.18. The fraction of sp³-hybridized carbons (Fsp3) is 0.525. The molecule has 3 aliphatic carbocycles. The average molecular weight is 728 g/mol. The number of pyridine rings is 2. The van der Waals surface area contributed by atoms with Crippen LogP contribution in [0.25, 0.3) is 0 Å². The quantitative estimate of drug-likeness (QED) is 0.179. The van der Waals surface area contributed by atoms with Gasteiger partial charge in [0.05, 0.1) is 21.3 Å². The lowest BCUT2D eigenvalue weighted by Crippen LogP contribution is -2.41. The van der Waals surface area contributed by atoms with Gasteiger partial charge in [-0.3, -0.25) is 14.5 Å². The molecule has 4 bridgehead atoms. The van der Waals surface area contributed by atoms with E-state index in [1.165, 1.54) is 37.6 Å². The molecule has 4 radical (unpaired) electrons. The Hall–Kier alpha value is -3.67. The van der Waals surface area contributed by atoms with Crippen LogP contribution in [0.15, 0.2) is 71.9 Å². The van der Waals surface area contributed by atoms with Crippen LogP contribution in [0.1, 0.15) is 75.2 Å². The molecule has 1 aromatic carbocycles. The van der Waals surface area contributed by atoms with E-state index in [1.807, 2.05) is 71.9 Å². The van der Waals surface area contributed by atoms with Crippen molar-refractivity contribution in [3.63, 3.8) is 0 Å². The van der Waals surface area contributed by atoms with Crippen molar-refractivity contribution in [1.82, 2.24) is 20.1 Å². The van der Waals surface area contributed by atoms with E-state index in [0.29, 0.717) is 69.0 Å². The Morgan fingerprint density at radius 2 is 1.79 bits per heavy atom. The van der Waals surface area contributed by atoms with Gasteiger partial charge in [0.1, 0.15) is 29.5 Å². The van der Waals surface area contributed by atoms with Crippen LogP contribution < -0.4 is 30.1 Å². The Balaban J connectivity index is 0.930. The second-order valence-electron chi connectivity index (χ2n) is 16.9. The van der Waals surface area contributed by atoms with Gasteiger partial charge in [0.25, 0.3) is 5.91 Å². The smallest absolute Gasteiger partial charge is 0.265 e. The minimum atomic E-state index is -0.839. The Kier molecular flexibility index (Phi) is 8.59. The summed E-state index contributed by atoms with van der Waals surface area (Å²) in [7, 11) is 13.4. The second-order valence-corrected chi connectivity index (χ2v) is 17.7. The molecule has 2 aromatic heterocycles. The highest BCUT2D eigenvalue weighted by Crippen LogP contribution is 2.95. The first-order valence-electron chi connectivity index (χ1n) is 19.1. The summed E-state index contributed by atoms with van der Waals surface area (Å²) in [5.74, 6) is 3.63. The highest BCUT2D eigenvalue weighted by molar-refractivity contribution is 7.97. The molecule has 10 nitrogen and oxygen atoms in total. The maximum Gasteiger partial charge on any atom is 0.265 e. The lowest BCUT2D eigenvalue weighted by Gasteiger charge is -2.34. The topological polar surface area (TPSA) is 104 Å². The molecule has 3 unspecified atom stereocenters. The zero-order chi connectivity index (χ0) is 36.6. The number of hydrazine groups is 1. The monoisotopic (exact) mass is 727 g/mol. The van der Waals surface area contributed by atoms with E-state index in [2.05, 4.69) is 41.1 Å². The van der Waals surface area contributed by atoms with Crippen molar-refractivity contribution in [1.29, 1.82) is 0 Å². The van der Waals surface area contributed by atoms with Gasteiger partial charge >= 0.3 is 0 Å². The van der Waals surface area contributed by atoms with Crippen molar-refractivity contribution < 1.29 is 14.3 Å². The number of hydrogen-bond acceptors (Lipinski definition) is 10. The Bertz CT molecular complexity index is 1900. The summed E-state index contributed by atoms with van der Waals surface area (Å²) in [6, 6.07) is 17.6. The predicted molar refractivity (Wildman–Crippen MR) is 210 cm³/mol. The first-order chi connectivity index (χ1) is 25.5. The van der Waals surface area contributed by atoms with Gasteiger partial charge < -0.3 is 19.7 Å². The number of amides is 1. The van der Waals surface area contributed by atoms with Gasteiger partial charge in [-0.2, -0.15) is 5.43 Å². The fourth-order valence-electron chi connectivity index (χ4n) is 9.83. The Morgan fingerprint density at radius 1 is 1.02 bits per heavy atom. The van der Waals surface area contributed by atoms with Gasteiger partial charge in [-0.05, 0) is 117 Å². The fourth-order valence-corrected chi connectivity index (χ4v) is 10.4. The minimum absolute atomic E-state index is 0.215. The van der Waals surface area contributed by atoms with Crippen LogP contribution in [-0.2, 0) is 11.3 Å². The molecule has 3 saturated carbocycles. The largest absolute Gasteiger partial charge is 0.485 e. The number of nitrogens with zero attached hydrogens (tertiary/aromatic N) is 4. The molecule has 53 heavy (non-hydrogen) atoms. The molecule has 272 valence electrons. The van der Waals surface area contributed by atoms with Gasteiger partial charge in [-0.1, -0.05) is 42.5 Å². The molecule has 3 atom stereocenters. The molecule has 3 aromatic rings. The van der Waals surface area contributed by atoms with Gasteiger partial charge in [-0.25, -0.2) is 9.97 Å². The van der Waals surface area contributed by atoms with Crippen molar-refractivity contribution >= 4 is 51.0 Å². The molecule has 13 heteroatoms. The zero-order valence-electron chi connectivity index (χ0n) is 30.8. The minimum Gasteiger partial charge on any atom is -0.485 e. The van der Waals surface area contributed by atoms with Crippen molar-refractivity contribution in [3.05, 3.63) is 78.0 Å². The Morgan fingerprint density at radius 3 is 2.55 bits per heavy atom. The van der Waals surface area contributed by atoms with Crippen molar-refractivity contribution in [3.8, 4) is 5.75 Å². The number of ether oxygens (including phenoxy) is 2. The van der Waals surface area contributed by atoms with E-state index in [4.69, 9.17) is 35.1 Å². The van der Waals surface area contributed by atoms with E-state index in [0.717, 1.165) is 31.5 Å². The number of carbonyl (C=O) groups is 1. The van der Waals surface area contributed by atoms with Gasteiger partial charge in [-0.15, -0.1) is 0 Å². The molecule has 6 aliphatic rings. The van der Waals surface area contributed by atoms with E-state index in [9.17, 15) is 4.79 Å². The summed E-state index contributed by atoms with van der Waals surface area (Å²) in [4.78, 5) is 26.3. The first-order valence-corrected chi connectivity index (χ1v) is 19.9. The Labute approximate surface area is 319 Å². The third kappa shape index (κ3) is 6.40. The van der Waals surface area contributed by atoms with E-state index in [1.54, 1.807) is 0 Å². The first kappa shape index (κ1) is 35.1. The second kappa shape index (κ2) is 13.0. The molecular weight excluding hydrogens is 680 g/mol. The van der Waals surface area contributed by atoms with Gasteiger partial charge in [0, 0.05) is 43.4 Å². The summed E-state index contributed by atoms with van der Waals surface area (Å²) < 4.78 is 15.5. The van der Waals surface area contributed by atoms with Gasteiger partial charge in [0.2, 0.25) is 0 Å². The lowest BCUT2D eigenvalue weighted by atomic mass is 9.51. The average Bonchev–Trinajstić information content (AvgIpc) is 4.10. The van der Waals surface area contributed by atoms with Crippen molar-refractivity contribution in [2.24, 2.45) is 28.6 Å². The normalized spacial score (nSPS) is 26.4. The summed E-state index contributed by atoms with van der Waals surface area (Å²) in [6.07, 6.45) is 10.4. The highest BCUT2D eigenvalue weighted by Gasteiger charge is 2.88. The molecule has 5 heterocycles.